The number of pyridine rings is 1. The smallest absolute Gasteiger partial charge is 0.252 e. The number of nitrogens with one attached hydrogen (secondary N) is 1. The Morgan fingerprint density at radius 2 is 2.36 bits per heavy atom. The van der Waals surface area contributed by atoms with Crippen molar-refractivity contribution in [3.05, 3.63) is 28.7 Å². The first kappa shape index (κ1) is 11.2. The molecule has 1 unspecified atom stereocenters. The summed E-state index contributed by atoms with van der Waals surface area (Å²) < 4.78 is 1.56. The van der Waals surface area contributed by atoms with Gasteiger partial charge in [0.1, 0.15) is 0 Å². The molecule has 14 heavy (non-hydrogen) atoms. The summed E-state index contributed by atoms with van der Waals surface area (Å²) in [6.07, 6.45) is 3.85. The molecule has 4 heteroatoms. The van der Waals surface area contributed by atoms with Crippen LogP contribution in [0.4, 0.5) is 5.69 Å². The van der Waals surface area contributed by atoms with Crippen LogP contribution in [-0.4, -0.2) is 22.6 Å². The van der Waals surface area contributed by atoms with Crippen molar-refractivity contribution in [2.45, 2.75) is 13.0 Å². The van der Waals surface area contributed by atoms with Crippen LogP contribution in [0.2, 0.25) is 0 Å². The van der Waals surface area contributed by atoms with E-state index in [2.05, 4.69) is 18.5 Å². The van der Waals surface area contributed by atoms with Gasteiger partial charge in [0.05, 0.1) is 0 Å². The Bertz CT molecular complexity index is 348. The largest absolute Gasteiger partial charge is 0.382 e. The Kier molecular flexibility index (Phi) is 4.07. The highest BCUT2D eigenvalue weighted by Gasteiger charge is 2.01. The van der Waals surface area contributed by atoms with E-state index in [1.807, 2.05) is 6.07 Å². The Balaban J connectivity index is 2.68. The first-order chi connectivity index (χ1) is 6.63. The molecule has 1 heterocycles. The van der Waals surface area contributed by atoms with Crippen molar-refractivity contribution in [1.82, 2.24) is 4.57 Å². The third-order valence-electron chi connectivity index (χ3n) is 1.93. The van der Waals surface area contributed by atoms with Crippen LogP contribution < -0.4 is 10.9 Å². The summed E-state index contributed by atoms with van der Waals surface area (Å²) in [6.45, 7) is 2.11. The first-order valence-electron chi connectivity index (χ1n) is 4.55. The van der Waals surface area contributed by atoms with Crippen molar-refractivity contribution in [3.8, 4) is 0 Å². The van der Waals surface area contributed by atoms with E-state index in [-0.39, 0.29) is 5.56 Å². The second-order valence-electron chi connectivity index (χ2n) is 3.37. The zero-order chi connectivity index (χ0) is 10.6. The van der Waals surface area contributed by atoms with Crippen molar-refractivity contribution >= 4 is 17.4 Å². The van der Waals surface area contributed by atoms with Gasteiger partial charge in [-0.25, -0.2) is 0 Å². The molecule has 0 fully saturated rings. The van der Waals surface area contributed by atoms with E-state index in [0.29, 0.717) is 6.04 Å². The van der Waals surface area contributed by atoms with Gasteiger partial charge >= 0.3 is 0 Å². The van der Waals surface area contributed by atoms with Crippen molar-refractivity contribution < 1.29 is 0 Å². The zero-order valence-electron chi connectivity index (χ0n) is 8.78. The second kappa shape index (κ2) is 5.10. The molecule has 0 aliphatic carbocycles. The molecule has 1 rings (SSSR count). The molecule has 0 amide bonds. The van der Waals surface area contributed by atoms with Crippen LogP contribution in [0, 0.1) is 0 Å². The van der Waals surface area contributed by atoms with Gasteiger partial charge in [-0.05, 0) is 19.2 Å². The van der Waals surface area contributed by atoms with Crippen LogP contribution in [0.25, 0.3) is 0 Å². The van der Waals surface area contributed by atoms with Crippen molar-refractivity contribution in [3.63, 3.8) is 0 Å². The van der Waals surface area contributed by atoms with Crippen LogP contribution in [0.15, 0.2) is 23.1 Å². The van der Waals surface area contributed by atoms with E-state index < -0.39 is 0 Å². The van der Waals surface area contributed by atoms with Crippen LogP contribution in [0.5, 0.6) is 0 Å². The predicted octanol–water partition coefficient (Wildman–Crippen LogP) is 1.55. The van der Waals surface area contributed by atoms with Crippen LogP contribution >= 0.6 is 11.8 Å². The van der Waals surface area contributed by atoms with Crippen molar-refractivity contribution in [1.29, 1.82) is 0 Å². The van der Waals surface area contributed by atoms with Gasteiger partial charge in [0.15, 0.2) is 0 Å². The molecule has 0 aliphatic rings. The van der Waals surface area contributed by atoms with E-state index in [4.69, 9.17) is 0 Å². The van der Waals surface area contributed by atoms with Gasteiger partial charge in [0.2, 0.25) is 0 Å². The minimum Gasteiger partial charge on any atom is -0.382 e. The lowest BCUT2D eigenvalue weighted by Gasteiger charge is -2.13. The average Bonchev–Trinajstić information content (AvgIpc) is 2.12. The molecular formula is C10H16N2OS. The predicted molar refractivity (Wildman–Crippen MR) is 63.1 cm³/mol. The van der Waals surface area contributed by atoms with E-state index in [1.54, 1.807) is 35.6 Å². The van der Waals surface area contributed by atoms with Crippen molar-refractivity contribution in [2.24, 2.45) is 7.05 Å². The monoisotopic (exact) mass is 212 g/mol. The molecule has 0 aromatic carbocycles. The number of nitrogens with zero attached hydrogens (tertiary/aromatic N) is 1. The van der Waals surface area contributed by atoms with Gasteiger partial charge < -0.3 is 9.88 Å². The van der Waals surface area contributed by atoms with Gasteiger partial charge in [0, 0.05) is 36.8 Å². The number of aryl methyl sites for hydroxylation is 1. The fourth-order valence-electron chi connectivity index (χ4n) is 1.21. The summed E-state index contributed by atoms with van der Waals surface area (Å²) in [6, 6.07) is 3.92. The summed E-state index contributed by atoms with van der Waals surface area (Å²) in [7, 11) is 1.75. The summed E-state index contributed by atoms with van der Waals surface area (Å²) in [4.78, 5) is 11.3. The summed E-state index contributed by atoms with van der Waals surface area (Å²) in [5.74, 6) is 1.04. The summed E-state index contributed by atoms with van der Waals surface area (Å²) in [5.41, 5.74) is 0.918. The summed E-state index contributed by atoms with van der Waals surface area (Å²) in [5, 5.41) is 3.28. The number of hydrogen-bond acceptors (Lipinski definition) is 3. The zero-order valence-corrected chi connectivity index (χ0v) is 9.60. The Hall–Kier alpha value is -0.900. The molecule has 0 aliphatic heterocycles. The quantitative estimate of drug-likeness (QED) is 0.822. The van der Waals surface area contributed by atoms with Gasteiger partial charge in [0.25, 0.3) is 5.56 Å². The Morgan fingerprint density at radius 3 is 2.93 bits per heavy atom. The maximum absolute atomic E-state index is 11.3. The topological polar surface area (TPSA) is 34.0 Å². The Morgan fingerprint density at radius 1 is 1.64 bits per heavy atom. The van der Waals surface area contributed by atoms with E-state index in [9.17, 15) is 4.79 Å². The number of hydrogen-bond donors (Lipinski definition) is 1. The van der Waals surface area contributed by atoms with E-state index >= 15 is 0 Å². The normalized spacial score (nSPS) is 12.5. The molecule has 0 saturated carbocycles. The number of anilines is 1. The minimum absolute atomic E-state index is 0.0198. The van der Waals surface area contributed by atoms with Crippen molar-refractivity contribution in [2.75, 3.05) is 17.3 Å². The molecule has 0 spiro atoms. The third kappa shape index (κ3) is 3.10. The maximum atomic E-state index is 11.3. The summed E-state index contributed by atoms with van der Waals surface area (Å²) >= 11 is 1.79. The van der Waals surface area contributed by atoms with Gasteiger partial charge in [-0.1, -0.05) is 0 Å². The highest BCUT2D eigenvalue weighted by molar-refractivity contribution is 7.98. The molecule has 0 saturated heterocycles. The Labute approximate surface area is 88.5 Å². The minimum atomic E-state index is 0.0198. The van der Waals surface area contributed by atoms with Gasteiger partial charge in [-0.2, -0.15) is 11.8 Å². The fraction of sp³-hybridized carbons (Fsp3) is 0.500. The molecule has 1 aromatic heterocycles. The standard InChI is InChI=1S/C10H16N2OS/c1-8(7-14-3)11-9-4-5-12(2)10(13)6-9/h4-6,8,11H,7H2,1-3H3. The van der Waals surface area contributed by atoms with E-state index in [1.165, 1.54) is 0 Å². The molecule has 1 aromatic rings. The highest BCUT2D eigenvalue weighted by Crippen LogP contribution is 2.06. The number of rotatable bonds is 4. The fourth-order valence-corrected chi connectivity index (χ4v) is 1.80. The second-order valence-corrected chi connectivity index (χ2v) is 4.28. The molecule has 0 radical (unpaired) electrons. The van der Waals surface area contributed by atoms with Gasteiger partial charge in [-0.3, -0.25) is 4.79 Å². The molecular weight excluding hydrogens is 196 g/mol. The van der Waals surface area contributed by atoms with Crippen LogP contribution in [0.1, 0.15) is 6.92 Å². The highest BCUT2D eigenvalue weighted by atomic mass is 32.2. The molecule has 78 valence electrons. The third-order valence-corrected chi connectivity index (χ3v) is 2.77. The van der Waals surface area contributed by atoms with Crippen LogP contribution in [-0.2, 0) is 7.05 Å². The van der Waals surface area contributed by atoms with E-state index in [0.717, 1.165) is 11.4 Å². The molecule has 1 atom stereocenters. The lowest BCUT2D eigenvalue weighted by Crippen LogP contribution is -2.21. The SMILES string of the molecule is CSCC(C)Nc1ccn(C)c(=O)c1. The molecule has 0 bridgehead atoms. The number of aromatic nitrogens is 1. The first-order valence-corrected chi connectivity index (χ1v) is 5.95. The number of thioether (sulfide) groups is 1. The maximum Gasteiger partial charge on any atom is 0.252 e. The lowest BCUT2D eigenvalue weighted by molar-refractivity contribution is 0.853. The van der Waals surface area contributed by atoms with Crippen LogP contribution in [0.3, 0.4) is 0 Å². The lowest BCUT2D eigenvalue weighted by atomic mass is 10.3. The van der Waals surface area contributed by atoms with Gasteiger partial charge in [-0.15, -0.1) is 0 Å². The average molecular weight is 212 g/mol. The molecule has 1 N–H and O–H groups in total. The molecule has 3 nitrogen and oxygen atoms in total.